The first kappa shape index (κ1) is 15.5. The van der Waals surface area contributed by atoms with Crippen molar-refractivity contribution in [3.63, 3.8) is 0 Å². The smallest absolute Gasteiger partial charge is 0.306 e. The van der Waals surface area contributed by atoms with Gasteiger partial charge >= 0.3 is 5.97 Å². The van der Waals surface area contributed by atoms with Crippen LogP contribution in [0.5, 0.6) is 0 Å². The number of methoxy groups -OCH3 is 1. The highest BCUT2D eigenvalue weighted by atomic mass is 35.5. The van der Waals surface area contributed by atoms with Gasteiger partial charge in [0.25, 0.3) is 0 Å². The van der Waals surface area contributed by atoms with E-state index in [2.05, 4.69) is 14.9 Å². The molecular formula is C14H16ClN3O3. The Kier molecular flexibility index (Phi) is 5.30. The van der Waals surface area contributed by atoms with Crippen molar-refractivity contribution >= 4 is 17.6 Å². The predicted octanol–water partition coefficient (Wildman–Crippen LogP) is 2.38. The summed E-state index contributed by atoms with van der Waals surface area (Å²) in [5, 5.41) is 4.55. The second kappa shape index (κ2) is 7.19. The molecule has 1 aromatic heterocycles. The Hall–Kier alpha value is -1.92. The van der Waals surface area contributed by atoms with Crippen LogP contribution in [0.4, 0.5) is 0 Å². The van der Waals surface area contributed by atoms with Crippen molar-refractivity contribution in [2.75, 3.05) is 20.7 Å². The number of hydrogen-bond acceptors (Lipinski definition) is 6. The summed E-state index contributed by atoms with van der Waals surface area (Å²) < 4.78 is 9.80. The molecule has 112 valence electrons. The minimum absolute atomic E-state index is 0.244. The van der Waals surface area contributed by atoms with Crippen molar-refractivity contribution < 1.29 is 14.1 Å². The van der Waals surface area contributed by atoms with E-state index in [4.69, 9.17) is 16.1 Å². The summed E-state index contributed by atoms with van der Waals surface area (Å²) in [7, 11) is 3.24. The van der Waals surface area contributed by atoms with E-state index in [0.29, 0.717) is 36.2 Å². The monoisotopic (exact) mass is 309 g/mol. The summed E-state index contributed by atoms with van der Waals surface area (Å²) in [6.45, 7) is 1.02. The Morgan fingerprint density at radius 3 is 3.00 bits per heavy atom. The summed E-state index contributed by atoms with van der Waals surface area (Å²) >= 11 is 5.93. The Morgan fingerprint density at radius 1 is 1.48 bits per heavy atom. The predicted molar refractivity (Wildman–Crippen MR) is 77.7 cm³/mol. The zero-order chi connectivity index (χ0) is 15.2. The number of aromatic nitrogens is 2. The summed E-state index contributed by atoms with van der Waals surface area (Å²) in [5.74, 6) is 0.734. The van der Waals surface area contributed by atoms with Crippen molar-refractivity contribution in [2.24, 2.45) is 0 Å². The highest BCUT2D eigenvalue weighted by Crippen LogP contribution is 2.20. The quantitative estimate of drug-likeness (QED) is 0.763. The van der Waals surface area contributed by atoms with E-state index in [1.807, 2.05) is 24.1 Å². The lowest BCUT2D eigenvalue weighted by Crippen LogP contribution is -2.22. The topological polar surface area (TPSA) is 68.5 Å². The van der Waals surface area contributed by atoms with Gasteiger partial charge in [-0.15, -0.1) is 0 Å². The fourth-order valence-corrected chi connectivity index (χ4v) is 1.95. The van der Waals surface area contributed by atoms with E-state index in [1.54, 1.807) is 12.1 Å². The van der Waals surface area contributed by atoms with Crippen LogP contribution in [-0.2, 0) is 16.1 Å². The van der Waals surface area contributed by atoms with Crippen molar-refractivity contribution in [3.8, 4) is 11.4 Å². The first-order chi connectivity index (χ1) is 10.1. The molecule has 0 amide bonds. The van der Waals surface area contributed by atoms with Crippen molar-refractivity contribution in [3.05, 3.63) is 35.2 Å². The Balaban J connectivity index is 1.95. The van der Waals surface area contributed by atoms with Gasteiger partial charge in [-0.2, -0.15) is 4.98 Å². The molecule has 0 N–H and O–H groups in total. The van der Waals surface area contributed by atoms with E-state index >= 15 is 0 Å². The van der Waals surface area contributed by atoms with Gasteiger partial charge in [0, 0.05) is 17.1 Å². The van der Waals surface area contributed by atoms with Crippen LogP contribution in [0.25, 0.3) is 11.4 Å². The van der Waals surface area contributed by atoms with Crippen LogP contribution in [0.15, 0.2) is 28.8 Å². The van der Waals surface area contributed by atoms with E-state index < -0.39 is 0 Å². The molecule has 2 rings (SSSR count). The molecule has 1 heterocycles. The van der Waals surface area contributed by atoms with Crippen LogP contribution >= 0.6 is 11.6 Å². The Morgan fingerprint density at radius 2 is 2.29 bits per heavy atom. The number of carbonyl (C=O) groups excluding carboxylic acids is 1. The number of hydrogen-bond donors (Lipinski definition) is 0. The van der Waals surface area contributed by atoms with Crippen molar-refractivity contribution in [2.45, 2.75) is 13.0 Å². The first-order valence-corrected chi connectivity index (χ1v) is 6.80. The number of nitrogens with zero attached hydrogens (tertiary/aromatic N) is 3. The van der Waals surface area contributed by atoms with E-state index in [9.17, 15) is 4.79 Å². The largest absolute Gasteiger partial charge is 0.469 e. The molecule has 0 aliphatic rings. The molecular weight excluding hydrogens is 294 g/mol. The maximum atomic E-state index is 11.1. The molecule has 7 heteroatoms. The van der Waals surface area contributed by atoms with Gasteiger partial charge in [-0.1, -0.05) is 28.9 Å². The molecule has 0 bridgehead atoms. The van der Waals surface area contributed by atoms with Gasteiger partial charge in [0.05, 0.1) is 20.1 Å². The number of esters is 1. The number of rotatable bonds is 6. The second-order valence-corrected chi connectivity index (χ2v) is 5.02. The van der Waals surface area contributed by atoms with Gasteiger partial charge in [-0.25, -0.2) is 0 Å². The average Bonchev–Trinajstić information content (AvgIpc) is 2.93. The van der Waals surface area contributed by atoms with Crippen LogP contribution in [-0.4, -0.2) is 41.7 Å². The van der Waals surface area contributed by atoms with Crippen LogP contribution in [0.1, 0.15) is 12.3 Å². The van der Waals surface area contributed by atoms with Crippen molar-refractivity contribution in [1.29, 1.82) is 0 Å². The average molecular weight is 310 g/mol. The van der Waals surface area contributed by atoms with E-state index in [-0.39, 0.29) is 5.97 Å². The number of carbonyl (C=O) groups is 1. The second-order valence-electron chi connectivity index (χ2n) is 4.59. The van der Waals surface area contributed by atoms with Crippen LogP contribution in [0, 0.1) is 0 Å². The maximum Gasteiger partial charge on any atom is 0.306 e. The Labute approximate surface area is 127 Å². The number of benzene rings is 1. The molecule has 0 aliphatic heterocycles. The van der Waals surface area contributed by atoms with E-state index in [0.717, 1.165) is 5.56 Å². The highest BCUT2D eigenvalue weighted by Gasteiger charge is 2.12. The molecule has 0 spiro atoms. The lowest BCUT2D eigenvalue weighted by molar-refractivity contribution is -0.140. The standard InChI is InChI=1S/C14H16ClN3O3/c1-18(7-6-13(19)20-2)9-12-16-14(17-21-12)10-4-3-5-11(15)8-10/h3-5,8H,6-7,9H2,1-2H3. The highest BCUT2D eigenvalue weighted by molar-refractivity contribution is 6.30. The van der Waals surface area contributed by atoms with Gasteiger partial charge in [-0.3, -0.25) is 9.69 Å². The third-order valence-electron chi connectivity index (χ3n) is 2.88. The minimum atomic E-state index is -0.244. The molecule has 0 fully saturated rings. The minimum Gasteiger partial charge on any atom is -0.469 e. The van der Waals surface area contributed by atoms with Gasteiger partial charge in [0.15, 0.2) is 0 Å². The Bertz CT molecular complexity index is 615. The summed E-state index contributed by atoms with van der Waals surface area (Å²) in [4.78, 5) is 17.3. The summed E-state index contributed by atoms with van der Waals surface area (Å²) in [6.07, 6.45) is 0.322. The van der Waals surface area contributed by atoms with Gasteiger partial charge in [-0.05, 0) is 19.2 Å². The van der Waals surface area contributed by atoms with Gasteiger partial charge in [0.2, 0.25) is 11.7 Å². The molecule has 0 aliphatic carbocycles. The molecule has 1 aromatic carbocycles. The number of ether oxygens (including phenoxy) is 1. The van der Waals surface area contributed by atoms with Crippen LogP contribution < -0.4 is 0 Å². The molecule has 21 heavy (non-hydrogen) atoms. The third kappa shape index (κ3) is 4.54. The fourth-order valence-electron chi connectivity index (χ4n) is 1.76. The first-order valence-electron chi connectivity index (χ1n) is 6.42. The molecule has 6 nitrogen and oxygen atoms in total. The zero-order valence-corrected chi connectivity index (χ0v) is 12.6. The molecule has 0 radical (unpaired) electrons. The fraction of sp³-hybridized carbons (Fsp3) is 0.357. The number of halogens is 1. The van der Waals surface area contributed by atoms with Gasteiger partial charge < -0.3 is 9.26 Å². The van der Waals surface area contributed by atoms with E-state index in [1.165, 1.54) is 7.11 Å². The molecule has 0 unspecified atom stereocenters. The molecule has 0 saturated heterocycles. The summed E-state index contributed by atoms with van der Waals surface area (Å²) in [5.41, 5.74) is 0.801. The van der Waals surface area contributed by atoms with Crippen LogP contribution in [0.2, 0.25) is 5.02 Å². The molecule has 0 saturated carbocycles. The maximum absolute atomic E-state index is 11.1. The summed E-state index contributed by atoms with van der Waals surface area (Å²) in [6, 6.07) is 7.25. The lowest BCUT2D eigenvalue weighted by Gasteiger charge is -2.12. The molecule has 2 aromatic rings. The SMILES string of the molecule is COC(=O)CCN(C)Cc1nc(-c2cccc(Cl)c2)no1. The normalized spacial score (nSPS) is 10.9. The third-order valence-corrected chi connectivity index (χ3v) is 3.12. The van der Waals surface area contributed by atoms with Gasteiger partial charge in [0.1, 0.15) is 0 Å². The zero-order valence-electron chi connectivity index (χ0n) is 11.9. The molecule has 0 atom stereocenters. The van der Waals surface area contributed by atoms with Crippen LogP contribution in [0.3, 0.4) is 0 Å². The lowest BCUT2D eigenvalue weighted by atomic mass is 10.2. The van der Waals surface area contributed by atoms with Crippen molar-refractivity contribution in [1.82, 2.24) is 15.0 Å².